The molecule has 4 nitrogen and oxygen atoms in total. The van der Waals surface area contributed by atoms with Crippen molar-refractivity contribution in [1.29, 1.82) is 0 Å². The fraction of sp³-hybridized carbons (Fsp3) is 0.308. The average molecular weight is 403 g/mol. The summed E-state index contributed by atoms with van der Waals surface area (Å²) >= 11 is 0. The second-order valence-corrected chi connectivity index (χ2v) is 8.35. The molecule has 0 radical (unpaired) electrons. The van der Waals surface area contributed by atoms with Crippen LogP contribution in [0, 0.1) is 11.8 Å². The van der Waals surface area contributed by atoms with Gasteiger partial charge in [0.15, 0.2) is 11.6 Å². The van der Waals surface area contributed by atoms with Crippen LogP contribution in [-0.2, 0) is 9.59 Å². The number of rotatable bonds is 2. The van der Waals surface area contributed by atoms with Gasteiger partial charge in [0, 0.05) is 46.5 Å². The van der Waals surface area contributed by atoms with Crippen LogP contribution in [0.15, 0.2) is 59.7 Å². The molecule has 2 aliphatic carbocycles. The topological polar surface area (TPSA) is 86.2 Å². The molecular weight excluding hydrogens is 372 g/mol. The zero-order chi connectivity index (χ0) is 22.0. The number of nitrogen functional groups attached to an aromatic ring is 2. The maximum Gasteiger partial charge on any atom is 0.164 e. The van der Waals surface area contributed by atoms with Gasteiger partial charge in [-0.15, -0.1) is 0 Å². The number of nitrogens with two attached hydrogens (primary N) is 2. The van der Waals surface area contributed by atoms with Gasteiger partial charge in [0.25, 0.3) is 0 Å². The Balaban J connectivity index is 0.000000171. The lowest BCUT2D eigenvalue weighted by atomic mass is 9.99. The third-order valence-electron chi connectivity index (χ3n) is 6.27. The van der Waals surface area contributed by atoms with Crippen molar-refractivity contribution in [3.8, 4) is 0 Å². The molecule has 0 heterocycles. The molecule has 0 amide bonds. The highest BCUT2D eigenvalue weighted by Crippen LogP contribution is 2.37. The predicted molar refractivity (Wildman–Crippen MR) is 124 cm³/mol. The van der Waals surface area contributed by atoms with Gasteiger partial charge in [0.1, 0.15) is 0 Å². The van der Waals surface area contributed by atoms with Gasteiger partial charge in [0.2, 0.25) is 0 Å². The van der Waals surface area contributed by atoms with Gasteiger partial charge in [-0.05, 0) is 37.8 Å². The van der Waals surface area contributed by atoms with Gasteiger partial charge >= 0.3 is 0 Å². The standard InChI is InChI=1S/2C13H15NO/c2*1-8-7-12(15)13(9(8)2)10-5-3-4-6-11(10)14/h2*3-6,8H,7,14H2,1-2H3. The Hall–Kier alpha value is -3.14. The first kappa shape index (κ1) is 21.6. The summed E-state index contributed by atoms with van der Waals surface area (Å²) in [4.78, 5) is 23.7. The van der Waals surface area contributed by atoms with Crippen molar-refractivity contribution >= 4 is 34.1 Å². The number of benzene rings is 2. The highest BCUT2D eigenvalue weighted by molar-refractivity contribution is 6.25. The summed E-state index contributed by atoms with van der Waals surface area (Å²) in [6, 6.07) is 15.1. The molecule has 4 rings (SSSR count). The van der Waals surface area contributed by atoms with E-state index in [1.54, 1.807) is 0 Å². The zero-order valence-electron chi connectivity index (χ0n) is 18.2. The fourth-order valence-corrected chi connectivity index (χ4v) is 4.17. The van der Waals surface area contributed by atoms with Gasteiger partial charge < -0.3 is 11.5 Å². The van der Waals surface area contributed by atoms with Crippen LogP contribution < -0.4 is 11.5 Å². The number of Topliss-reactive ketones (excluding diaryl/α,β-unsaturated/α-hetero) is 2. The molecule has 0 aliphatic heterocycles. The summed E-state index contributed by atoms with van der Waals surface area (Å²) in [6.45, 7) is 8.22. The van der Waals surface area contributed by atoms with Crippen LogP contribution >= 0.6 is 0 Å². The quantitative estimate of drug-likeness (QED) is 0.667. The molecule has 2 unspecified atom stereocenters. The number of hydrogen-bond acceptors (Lipinski definition) is 4. The third kappa shape index (κ3) is 4.09. The minimum atomic E-state index is 0.220. The molecule has 0 bridgehead atoms. The zero-order valence-corrected chi connectivity index (χ0v) is 18.2. The van der Waals surface area contributed by atoms with E-state index < -0.39 is 0 Å². The summed E-state index contributed by atoms with van der Waals surface area (Å²) < 4.78 is 0. The first-order chi connectivity index (χ1) is 14.2. The molecule has 0 saturated carbocycles. The maximum atomic E-state index is 11.8. The predicted octanol–water partition coefficient (Wildman–Crippen LogP) is 5.30. The lowest BCUT2D eigenvalue weighted by Crippen LogP contribution is -1.99. The molecule has 2 aliphatic rings. The van der Waals surface area contributed by atoms with Crippen LogP contribution in [0.4, 0.5) is 11.4 Å². The van der Waals surface area contributed by atoms with E-state index >= 15 is 0 Å². The van der Waals surface area contributed by atoms with E-state index in [4.69, 9.17) is 11.5 Å². The summed E-state index contributed by atoms with van der Waals surface area (Å²) in [5, 5.41) is 0. The number of allylic oxidation sites excluding steroid dienone is 4. The number of para-hydroxylation sites is 2. The number of carbonyl (C=O) groups excluding carboxylic acids is 2. The molecule has 0 aromatic heterocycles. The lowest BCUT2D eigenvalue weighted by Gasteiger charge is -2.07. The highest BCUT2D eigenvalue weighted by atomic mass is 16.1. The van der Waals surface area contributed by atoms with E-state index in [0.29, 0.717) is 36.1 Å². The monoisotopic (exact) mass is 402 g/mol. The second kappa shape index (κ2) is 8.70. The van der Waals surface area contributed by atoms with Crippen molar-refractivity contribution in [2.75, 3.05) is 11.5 Å². The van der Waals surface area contributed by atoms with Crippen molar-refractivity contribution < 1.29 is 9.59 Å². The summed E-state index contributed by atoms with van der Waals surface area (Å²) in [5.41, 5.74) is 18.9. The lowest BCUT2D eigenvalue weighted by molar-refractivity contribution is -0.114. The van der Waals surface area contributed by atoms with Crippen molar-refractivity contribution in [3.05, 3.63) is 70.8 Å². The second-order valence-electron chi connectivity index (χ2n) is 8.35. The van der Waals surface area contributed by atoms with Gasteiger partial charge in [0.05, 0.1) is 0 Å². The van der Waals surface area contributed by atoms with Crippen LogP contribution in [0.25, 0.3) is 11.1 Å². The Morgan fingerprint density at radius 1 is 0.667 bits per heavy atom. The molecule has 2 aromatic carbocycles. The van der Waals surface area contributed by atoms with Crippen molar-refractivity contribution in [1.82, 2.24) is 0 Å². The maximum absolute atomic E-state index is 11.8. The smallest absolute Gasteiger partial charge is 0.164 e. The minimum absolute atomic E-state index is 0.220. The normalized spacial score (nSPS) is 21.2. The first-order valence-corrected chi connectivity index (χ1v) is 10.4. The summed E-state index contributed by atoms with van der Waals surface area (Å²) in [6.07, 6.45) is 1.24. The largest absolute Gasteiger partial charge is 0.398 e. The molecule has 0 fully saturated rings. The number of anilines is 2. The Morgan fingerprint density at radius 3 is 1.27 bits per heavy atom. The Morgan fingerprint density at radius 2 is 1.00 bits per heavy atom. The molecule has 2 atom stereocenters. The van der Waals surface area contributed by atoms with Gasteiger partial charge in [-0.25, -0.2) is 0 Å². The number of ketones is 2. The summed E-state index contributed by atoms with van der Waals surface area (Å²) in [5.74, 6) is 1.15. The Kier molecular flexibility index (Phi) is 6.25. The van der Waals surface area contributed by atoms with Crippen molar-refractivity contribution in [2.24, 2.45) is 11.8 Å². The summed E-state index contributed by atoms with van der Waals surface area (Å²) in [7, 11) is 0. The Labute approximate surface area is 178 Å². The van der Waals surface area contributed by atoms with Crippen LogP contribution in [-0.4, -0.2) is 11.6 Å². The SMILES string of the molecule is CC1=C(c2ccccc2N)C(=O)CC1C.CC1=C(c2ccccc2N)C(=O)CC1C. The molecule has 4 heteroatoms. The van der Waals surface area contributed by atoms with Crippen LogP contribution in [0.5, 0.6) is 0 Å². The van der Waals surface area contributed by atoms with Gasteiger partial charge in [-0.2, -0.15) is 0 Å². The van der Waals surface area contributed by atoms with E-state index in [2.05, 4.69) is 13.8 Å². The van der Waals surface area contributed by atoms with Gasteiger partial charge in [-0.3, -0.25) is 9.59 Å². The molecule has 156 valence electrons. The molecule has 0 spiro atoms. The molecule has 2 aromatic rings. The van der Waals surface area contributed by atoms with E-state index in [1.165, 1.54) is 0 Å². The fourth-order valence-electron chi connectivity index (χ4n) is 4.17. The van der Waals surface area contributed by atoms with Crippen LogP contribution in [0.3, 0.4) is 0 Å². The Bertz CT molecular complexity index is 977. The van der Waals surface area contributed by atoms with Crippen LogP contribution in [0.2, 0.25) is 0 Å². The van der Waals surface area contributed by atoms with Crippen molar-refractivity contribution in [3.63, 3.8) is 0 Å². The van der Waals surface area contributed by atoms with E-state index in [-0.39, 0.29) is 11.6 Å². The molecule has 4 N–H and O–H groups in total. The van der Waals surface area contributed by atoms with E-state index in [0.717, 1.165) is 33.4 Å². The van der Waals surface area contributed by atoms with Crippen LogP contribution in [0.1, 0.15) is 51.7 Å². The van der Waals surface area contributed by atoms with E-state index in [9.17, 15) is 9.59 Å². The third-order valence-corrected chi connectivity index (χ3v) is 6.27. The average Bonchev–Trinajstić information content (AvgIpc) is 3.10. The highest BCUT2D eigenvalue weighted by Gasteiger charge is 2.29. The first-order valence-electron chi connectivity index (χ1n) is 10.4. The minimum Gasteiger partial charge on any atom is -0.398 e. The number of carbonyl (C=O) groups is 2. The molecular formula is C26H30N2O2. The van der Waals surface area contributed by atoms with Crippen molar-refractivity contribution in [2.45, 2.75) is 40.5 Å². The molecule has 0 saturated heterocycles. The van der Waals surface area contributed by atoms with Gasteiger partial charge in [-0.1, -0.05) is 61.4 Å². The van der Waals surface area contributed by atoms with E-state index in [1.807, 2.05) is 62.4 Å². The number of hydrogen-bond donors (Lipinski definition) is 2. The molecule has 30 heavy (non-hydrogen) atoms.